The summed E-state index contributed by atoms with van der Waals surface area (Å²) in [5.74, 6) is 0.725. The number of nitrogens with one attached hydrogen (secondary N) is 1. The minimum absolute atomic E-state index is 0.0332. The van der Waals surface area contributed by atoms with Gasteiger partial charge in [-0.15, -0.1) is 0 Å². The van der Waals surface area contributed by atoms with E-state index >= 15 is 0 Å². The molecule has 0 radical (unpaired) electrons. The smallest absolute Gasteiger partial charge is 0.243 e. The zero-order valence-corrected chi connectivity index (χ0v) is 7.68. The van der Waals surface area contributed by atoms with E-state index in [0.29, 0.717) is 6.04 Å². The molecule has 1 N–H and O–H groups in total. The minimum Gasteiger partial charge on any atom is -0.350 e. The van der Waals surface area contributed by atoms with Gasteiger partial charge in [0.1, 0.15) is 0 Å². The van der Waals surface area contributed by atoms with Crippen LogP contribution in [0.5, 0.6) is 0 Å². The Balaban J connectivity index is 2.31. The predicted octanol–water partition coefficient (Wildman–Crippen LogP) is 1.87. The molecule has 0 aliphatic heterocycles. The number of amides is 1. The molecule has 1 rings (SSSR count). The summed E-state index contributed by atoms with van der Waals surface area (Å²) in [6, 6.07) is 0.388. The molecule has 1 aliphatic rings. The average molecular weight is 167 g/mol. The van der Waals surface area contributed by atoms with Crippen LogP contribution in [0.1, 0.15) is 32.6 Å². The standard InChI is InChI=1S/C10H17NO/c1-3-10(12)11-9-6-4-5-8(2)7-9/h3,8-9H,1,4-7H2,2H3,(H,11,12)/t8-,9+/m1/s1. The van der Waals surface area contributed by atoms with Crippen LogP contribution in [0.4, 0.5) is 0 Å². The zero-order valence-electron chi connectivity index (χ0n) is 7.68. The average Bonchev–Trinajstić information content (AvgIpc) is 2.04. The molecule has 0 bridgehead atoms. The Kier molecular flexibility index (Phi) is 3.32. The van der Waals surface area contributed by atoms with Crippen LogP contribution >= 0.6 is 0 Å². The topological polar surface area (TPSA) is 29.1 Å². The number of carbonyl (C=O) groups is 1. The summed E-state index contributed by atoms with van der Waals surface area (Å²) in [6.45, 7) is 5.68. The minimum atomic E-state index is -0.0332. The van der Waals surface area contributed by atoms with Crippen LogP contribution in [0.25, 0.3) is 0 Å². The molecule has 0 spiro atoms. The first-order valence-corrected chi connectivity index (χ1v) is 4.65. The summed E-state index contributed by atoms with van der Waals surface area (Å²) in [5, 5.41) is 2.94. The summed E-state index contributed by atoms with van der Waals surface area (Å²) in [6.07, 6.45) is 6.15. The fraction of sp³-hybridized carbons (Fsp3) is 0.700. The molecule has 1 saturated carbocycles. The number of carbonyl (C=O) groups excluding carboxylic acids is 1. The van der Waals surface area contributed by atoms with Crippen molar-refractivity contribution >= 4 is 5.91 Å². The molecule has 0 aromatic carbocycles. The lowest BCUT2D eigenvalue weighted by Crippen LogP contribution is -2.36. The Labute approximate surface area is 74.0 Å². The van der Waals surface area contributed by atoms with E-state index in [4.69, 9.17) is 0 Å². The van der Waals surface area contributed by atoms with Crippen LogP contribution < -0.4 is 5.32 Å². The molecule has 2 heteroatoms. The molecule has 0 heterocycles. The Morgan fingerprint density at radius 3 is 2.92 bits per heavy atom. The van der Waals surface area contributed by atoms with Gasteiger partial charge in [-0.1, -0.05) is 26.3 Å². The first kappa shape index (κ1) is 9.30. The summed E-state index contributed by atoms with van der Waals surface area (Å²) in [4.78, 5) is 11.0. The van der Waals surface area contributed by atoms with Gasteiger partial charge < -0.3 is 5.32 Å². The second-order valence-corrected chi connectivity index (χ2v) is 3.68. The molecular weight excluding hydrogens is 150 g/mol. The van der Waals surface area contributed by atoms with E-state index in [0.717, 1.165) is 18.8 Å². The monoisotopic (exact) mass is 167 g/mol. The van der Waals surface area contributed by atoms with E-state index < -0.39 is 0 Å². The van der Waals surface area contributed by atoms with Crippen LogP contribution in [0.2, 0.25) is 0 Å². The van der Waals surface area contributed by atoms with Gasteiger partial charge in [0.05, 0.1) is 0 Å². The molecular formula is C10H17NO. The third kappa shape index (κ3) is 2.68. The molecule has 2 atom stereocenters. The van der Waals surface area contributed by atoms with Crippen molar-refractivity contribution in [2.45, 2.75) is 38.6 Å². The maximum atomic E-state index is 11.0. The zero-order chi connectivity index (χ0) is 8.97. The van der Waals surface area contributed by atoms with Gasteiger partial charge >= 0.3 is 0 Å². The molecule has 1 fully saturated rings. The van der Waals surface area contributed by atoms with Crippen LogP contribution in [-0.4, -0.2) is 11.9 Å². The van der Waals surface area contributed by atoms with E-state index in [1.165, 1.54) is 18.9 Å². The van der Waals surface area contributed by atoms with E-state index in [-0.39, 0.29) is 5.91 Å². The van der Waals surface area contributed by atoms with Crippen molar-refractivity contribution in [3.05, 3.63) is 12.7 Å². The number of hydrogen-bond acceptors (Lipinski definition) is 1. The van der Waals surface area contributed by atoms with Crippen molar-refractivity contribution in [1.82, 2.24) is 5.32 Å². The molecule has 0 aromatic heterocycles. The maximum Gasteiger partial charge on any atom is 0.243 e. The van der Waals surface area contributed by atoms with E-state index in [1.807, 2.05) is 0 Å². The Hall–Kier alpha value is -0.790. The van der Waals surface area contributed by atoms with Crippen molar-refractivity contribution in [3.8, 4) is 0 Å². The molecule has 0 aromatic rings. The third-order valence-corrected chi connectivity index (χ3v) is 2.47. The lowest BCUT2D eigenvalue weighted by atomic mass is 9.87. The van der Waals surface area contributed by atoms with Crippen LogP contribution in [0.15, 0.2) is 12.7 Å². The largest absolute Gasteiger partial charge is 0.350 e. The normalized spacial score (nSPS) is 29.4. The van der Waals surface area contributed by atoms with Crippen LogP contribution in [0.3, 0.4) is 0 Å². The highest BCUT2D eigenvalue weighted by atomic mass is 16.1. The van der Waals surface area contributed by atoms with Gasteiger partial charge in [0.2, 0.25) is 5.91 Å². The van der Waals surface area contributed by atoms with Crippen molar-refractivity contribution < 1.29 is 4.79 Å². The van der Waals surface area contributed by atoms with Gasteiger partial charge in [0.25, 0.3) is 0 Å². The van der Waals surface area contributed by atoms with Crippen molar-refractivity contribution in [2.75, 3.05) is 0 Å². The highest BCUT2D eigenvalue weighted by Gasteiger charge is 2.19. The van der Waals surface area contributed by atoms with Gasteiger partial charge in [0.15, 0.2) is 0 Å². The van der Waals surface area contributed by atoms with Gasteiger partial charge in [-0.2, -0.15) is 0 Å². The molecule has 0 saturated heterocycles. The van der Waals surface area contributed by atoms with Gasteiger partial charge in [-0.3, -0.25) is 4.79 Å². The summed E-state index contributed by atoms with van der Waals surface area (Å²) < 4.78 is 0. The second kappa shape index (κ2) is 4.29. The molecule has 1 amide bonds. The molecule has 1 aliphatic carbocycles. The van der Waals surface area contributed by atoms with E-state index in [1.54, 1.807) is 0 Å². The second-order valence-electron chi connectivity index (χ2n) is 3.68. The Bertz CT molecular complexity index is 177. The summed E-state index contributed by atoms with van der Waals surface area (Å²) in [7, 11) is 0. The molecule has 2 nitrogen and oxygen atoms in total. The third-order valence-electron chi connectivity index (χ3n) is 2.47. The lowest BCUT2D eigenvalue weighted by Gasteiger charge is -2.26. The number of rotatable bonds is 2. The van der Waals surface area contributed by atoms with Crippen molar-refractivity contribution in [3.63, 3.8) is 0 Å². The van der Waals surface area contributed by atoms with E-state index in [2.05, 4.69) is 18.8 Å². The first-order valence-electron chi connectivity index (χ1n) is 4.65. The van der Waals surface area contributed by atoms with Gasteiger partial charge in [-0.05, 0) is 24.8 Å². The van der Waals surface area contributed by atoms with Gasteiger partial charge in [-0.25, -0.2) is 0 Å². The van der Waals surface area contributed by atoms with Crippen LogP contribution in [0, 0.1) is 5.92 Å². The quantitative estimate of drug-likeness (QED) is 0.625. The molecule has 68 valence electrons. The molecule has 12 heavy (non-hydrogen) atoms. The maximum absolute atomic E-state index is 11.0. The van der Waals surface area contributed by atoms with Gasteiger partial charge in [0, 0.05) is 6.04 Å². The summed E-state index contributed by atoms with van der Waals surface area (Å²) >= 11 is 0. The summed E-state index contributed by atoms with van der Waals surface area (Å²) in [5.41, 5.74) is 0. The predicted molar refractivity (Wildman–Crippen MR) is 49.8 cm³/mol. The van der Waals surface area contributed by atoms with Crippen LogP contribution in [-0.2, 0) is 4.79 Å². The van der Waals surface area contributed by atoms with Crippen molar-refractivity contribution in [2.24, 2.45) is 5.92 Å². The van der Waals surface area contributed by atoms with Crippen molar-refractivity contribution in [1.29, 1.82) is 0 Å². The molecule has 0 unspecified atom stereocenters. The number of hydrogen-bond donors (Lipinski definition) is 1. The lowest BCUT2D eigenvalue weighted by molar-refractivity contribution is -0.117. The Morgan fingerprint density at radius 1 is 1.58 bits per heavy atom. The SMILES string of the molecule is C=CC(=O)N[C@H]1CCC[C@@H](C)C1. The van der Waals surface area contributed by atoms with E-state index in [9.17, 15) is 4.79 Å². The highest BCUT2D eigenvalue weighted by molar-refractivity contribution is 5.87. The first-order chi connectivity index (χ1) is 5.72. The fourth-order valence-electron chi connectivity index (χ4n) is 1.83. The Morgan fingerprint density at radius 2 is 2.33 bits per heavy atom. The fourth-order valence-corrected chi connectivity index (χ4v) is 1.83. The highest BCUT2D eigenvalue weighted by Crippen LogP contribution is 2.23.